The van der Waals surface area contributed by atoms with Crippen molar-refractivity contribution >= 4 is 79.3 Å². The number of nitrogens with zero attached hydrogens (tertiary/aromatic N) is 6. The number of anilines is 5. The lowest BCUT2D eigenvalue weighted by molar-refractivity contribution is 0.685. The fourth-order valence-electron chi connectivity index (χ4n) is 3.25. The number of hydrogen-bond acceptors (Lipinski definition) is 7. The van der Waals surface area contributed by atoms with Crippen molar-refractivity contribution < 1.29 is 4.21 Å². The van der Waals surface area contributed by atoms with Crippen molar-refractivity contribution in [2.45, 2.75) is 6.92 Å². The molecule has 1 aromatic carbocycles. The van der Waals surface area contributed by atoms with Crippen LogP contribution in [0.5, 0.6) is 0 Å². The zero-order chi connectivity index (χ0) is 23.5. The molecule has 3 heterocycles. The molecule has 0 amide bonds. The van der Waals surface area contributed by atoms with E-state index in [1.165, 1.54) is 0 Å². The van der Waals surface area contributed by atoms with Crippen LogP contribution >= 0.6 is 28.4 Å². The first kappa shape index (κ1) is 23.4. The Bertz CT molecular complexity index is 1400. The molecule has 0 spiro atoms. The molecule has 0 radical (unpaired) electrons. The third-order valence-electron chi connectivity index (χ3n) is 4.89. The van der Waals surface area contributed by atoms with Crippen molar-refractivity contribution in [3.63, 3.8) is 0 Å². The molecule has 0 saturated heterocycles. The standard InChI is InChI=1S/C21H20IN8OPS/c1-13-24-20-16(26-15-8-4-5-9-17(15)29(2)33(3)31)11-19(28-21(20)30(13)32-22)27-18-10-6-7-14(12-23)25-18/h4-11,32H,1-3H3,(H2,25,26,27,28). The summed E-state index contributed by atoms with van der Waals surface area (Å²) in [5.74, 6) is 1.94. The molecule has 2 N–H and O–H groups in total. The molecular formula is C21H20IN8OPS. The van der Waals surface area contributed by atoms with Crippen LogP contribution < -0.4 is 14.9 Å². The summed E-state index contributed by atoms with van der Waals surface area (Å²) in [5, 5.41) is 15.8. The molecule has 2 unspecified atom stereocenters. The van der Waals surface area contributed by atoms with Crippen LogP contribution in [0.1, 0.15) is 11.5 Å². The fraction of sp³-hybridized carbons (Fsp3) is 0.143. The van der Waals surface area contributed by atoms with Gasteiger partial charge in [-0.1, -0.05) is 18.2 Å². The topological polar surface area (TPSA) is 112 Å². The zero-order valence-electron chi connectivity index (χ0n) is 18.0. The van der Waals surface area contributed by atoms with Gasteiger partial charge in [0.25, 0.3) is 0 Å². The minimum absolute atomic E-state index is 0.318. The van der Waals surface area contributed by atoms with E-state index in [4.69, 9.17) is 15.2 Å². The van der Waals surface area contributed by atoms with Gasteiger partial charge in [0.1, 0.15) is 45.7 Å². The van der Waals surface area contributed by atoms with E-state index < -0.39 is 11.0 Å². The molecule has 168 valence electrons. The van der Waals surface area contributed by atoms with Crippen LogP contribution in [-0.2, 0) is 11.0 Å². The number of hydrogen-bond donors (Lipinski definition) is 2. The Hall–Kier alpha value is -2.81. The summed E-state index contributed by atoms with van der Waals surface area (Å²) in [5.41, 5.74) is 4.12. The van der Waals surface area contributed by atoms with Gasteiger partial charge in [0, 0.05) is 19.4 Å². The van der Waals surface area contributed by atoms with E-state index >= 15 is 0 Å². The van der Waals surface area contributed by atoms with E-state index in [-0.39, 0.29) is 0 Å². The third-order valence-corrected chi connectivity index (χ3v) is 8.01. The van der Waals surface area contributed by atoms with E-state index in [1.54, 1.807) is 35.8 Å². The predicted molar refractivity (Wildman–Crippen MR) is 144 cm³/mol. The Morgan fingerprint density at radius 2 is 1.88 bits per heavy atom. The lowest BCUT2D eigenvalue weighted by Gasteiger charge is -2.20. The van der Waals surface area contributed by atoms with Gasteiger partial charge in [-0.3, -0.25) is 8.64 Å². The van der Waals surface area contributed by atoms with Crippen molar-refractivity contribution in [3.05, 3.63) is 60.0 Å². The first-order valence-electron chi connectivity index (χ1n) is 9.75. The monoisotopic (exact) mass is 590 g/mol. The highest BCUT2D eigenvalue weighted by Gasteiger charge is 2.17. The molecule has 2 atom stereocenters. The van der Waals surface area contributed by atoms with Crippen LogP contribution in [0.4, 0.5) is 28.7 Å². The van der Waals surface area contributed by atoms with Crippen LogP contribution in [0.2, 0.25) is 0 Å². The maximum Gasteiger partial charge on any atom is 0.168 e. The first-order chi connectivity index (χ1) is 15.9. The molecule has 33 heavy (non-hydrogen) atoms. The number of rotatable bonds is 7. The molecule has 0 aliphatic rings. The third kappa shape index (κ3) is 4.93. The summed E-state index contributed by atoms with van der Waals surface area (Å²) >= 11 is 2.31. The second-order valence-corrected chi connectivity index (χ2v) is 10.5. The second kappa shape index (κ2) is 9.99. The van der Waals surface area contributed by atoms with Crippen LogP contribution in [0, 0.1) is 18.3 Å². The van der Waals surface area contributed by atoms with Crippen molar-refractivity contribution in [2.24, 2.45) is 0 Å². The molecular weight excluding hydrogens is 570 g/mol. The van der Waals surface area contributed by atoms with Crippen LogP contribution in [-0.4, -0.2) is 36.8 Å². The fourth-order valence-corrected chi connectivity index (χ4v) is 5.83. The number of aromatic nitrogens is 4. The Morgan fingerprint density at radius 1 is 1.09 bits per heavy atom. The number of benzene rings is 1. The smallest absolute Gasteiger partial charge is 0.168 e. The Morgan fingerprint density at radius 3 is 2.61 bits per heavy atom. The average Bonchev–Trinajstić information content (AvgIpc) is 3.14. The lowest BCUT2D eigenvalue weighted by Crippen LogP contribution is -2.19. The number of para-hydroxylation sites is 2. The van der Waals surface area contributed by atoms with Gasteiger partial charge in [0.05, 0.1) is 23.4 Å². The van der Waals surface area contributed by atoms with E-state index in [9.17, 15) is 4.21 Å². The van der Waals surface area contributed by atoms with E-state index in [1.807, 2.05) is 47.7 Å². The highest BCUT2D eigenvalue weighted by Crippen LogP contribution is 2.37. The quantitative estimate of drug-likeness (QED) is 0.230. The molecule has 9 nitrogen and oxygen atoms in total. The predicted octanol–water partition coefficient (Wildman–Crippen LogP) is 5.01. The minimum atomic E-state index is -1.18. The molecule has 12 heteroatoms. The number of halogens is 1. The van der Waals surface area contributed by atoms with Gasteiger partial charge >= 0.3 is 0 Å². The maximum absolute atomic E-state index is 12.1. The molecule has 3 aromatic heterocycles. The summed E-state index contributed by atoms with van der Waals surface area (Å²) in [6.07, 6.45) is 2.06. The normalized spacial score (nSPS) is 12.1. The summed E-state index contributed by atoms with van der Waals surface area (Å²) < 4.78 is 15.8. The molecule has 0 fully saturated rings. The Labute approximate surface area is 208 Å². The summed E-state index contributed by atoms with van der Waals surface area (Å²) in [4.78, 5) is 13.8. The number of aryl methyl sites for hydroxylation is 1. The number of pyridine rings is 2. The van der Waals surface area contributed by atoms with Gasteiger partial charge in [0.15, 0.2) is 5.65 Å². The van der Waals surface area contributed by atoms with Gasteiger partial charge in [-0.15, -0.1) is 0 Å². The SMILES string of the molecule is Cc1nc2c(Nc3ccccc3N(C)S(C)=O)cc(Nc3cccc(C#N)n3)nc2n1PI. The van der Waals surface area contributed by atoms with Crippen molar-refractivity contribution in [1.29, 1.82) is 5.26 Å². The van der Waals surface area contributed by atoms with Crippen LogP contribution in [0.3, 0.4) is 0 Å². The van der Waals surface area contributed by atoms with E-state index in [2.05, 4.69) is 37.7 Å². The molecule has 4 rings (SSSR count). The van der Waals surface area contributed by atoms with Gasteiger partial charge in [-0.25, -0.2) is 19.2 Å². The maximum atomic E-state index is 12.1. The van der Waals surface area contributed by atoms with Crippen LogP contribution in [0.25, 0.3) is 11.2 Å². The summed E-state index contributed by atoms with van der Waals surface area (Å²) in [7, 11) is 0.610. The molecule has 0 aliphatic carbocycles. The average molecular weight is 590 g/mol. The molecule has 0 saturated carbocycles. The van der Waals surface area contributed by atoms with Crippen molar-refractivity contribution in [2.75, 3.05) is 28.2 Å². The van der Waals surface area contributed by atoms with Gasteiger partial charge in [0.2, 0.25) is 0 Å². The Balaban J connectivity index is 1.83. The molecule has 0 bridgehead atoms. The molecule has 0 aliphatic heterocycles. The Kier molecular flexibility index (Phi) is 7.07. The van der Waals surface area contributed by atoms with Gasteiger partial charge < -0.3 is 10.6 Å². The number of imidazole rings is 1. The number of nitriles is 1. The first-order valence-corrected chi connectivity index (χ1v) is 15.3. The minimum Gasteiger partial charge on any atom is -0.352 e. The highest BCUT2D eigenvalue weighted by atomic mass is 127. The summed E-state index contributed by atoms with van der Waals surface area (Å²) in [6.45, 7) is 1.95. The molecule has 4 aromatic rings. The van der Waals surface area contributed by atoms with Crippen LogP contribution in [0.15, 0.2) is 48.5 Å². The van der Waals surface area contributed by atoms with Gasteiger partial charge in [-0.2, -0.15) is 5.26 Å². The highest BCUT2D eigenvalue weighted by molar-refractivity contribution is 14.2. The number of fused-ring (bicyclic) bond motifs is 1. The largest absolute Gasteiger partial charge is 0.352 e. The van der Waals surface area contributed by atoms with E-state index in [0.29, 0.717) is 23.7 Å². The summed E-state index contributed by atoms with van der Waals surface area (Å²) in [6, 6.07) is 16.8. The van der Waals surface area contributed by atoms with E-state index in [0.717, 1.165) is 34.1 Å². The van der Waals surface area contributed by atoms with Crippen molar-refractivity contribution in [1.82, 2.24) is 19.3 Å². The van der Waals surface area contributed by atoms with Gasteiger partial charge in [-0.05, 0) is 53.2 Å². The lowest BCUT2D eigenvalue weighted by atomic mass is 10.2. The number of nitrogens with one attached hydrogen (secondary N) is 2. The van der Waals surface area contributed by atoms with Crippen molar-refractivity contribution in [3.8, 4) is 6.07 Å². The second-order valence-electron chi connectivity index (χ2n) is 7.01. The zero-order valence-corrected chi connectivity index (χ0v) is 22.0.